The molecule has 1 aliphatic heterocycles. The molecule has 1 heterocycles. The van der Waals surface area contributed by atoms with Gasteiger partial charge in [-0.3, -0.25) is 0 Å². The van der Waals surface area contributed by atoms with Gasteiger partial charge in [0.25, 0.3) is 0 Å². The molecular weight excluding hydrogens is 160 g/mol. The van der Waals surface area contributed by atoms with Crippen LogP contribution in [0.15, 0.2) is 36.9 Å². The number of ether oxygens (including phenoxy) is 1. The maximum Gasteiger partial charge on any atom is 0.123 e. The lowest BCUT2D eigenvalue weighted by Gasteiger charge is -2.32. The Balaban J connectivity index is 2.54. The molecule has 0 fully saturated rings. The van der Waals surface area contributed by atoms with E-state index in [1.165, 1.54) is 5.56 Å². The lowest BCUT2D eigenvalue weighted by molar-refractivity contribution is 0.247. The van der Waals surface area contributed by atoms with Gasteiger partial charge in [0.15, 0.2) is 0 Å². The van der Waals surface area contributed by atoms with Gasteiger partial charge in [-0.15, -0.1) is 6.58 Å². The van der Waals surface area contributed by atoms with E-state index in [4.69, 9.17) is 4.74 Å². The molecule has 1 aliphatic rings. The van der Waals surface area contributed by atoms with Crippen molar-refractivity contribution < 1.29 is 4.74 Å². The van der Waals surface area contributed by atoms with Crippen molar-refractivity contribution in [1.82, 2.24) is 0 Å². The molecule has 13 heavy (non-hydrogen) atoms. The molecule has 0 aliphatic carbocycles. The smallest absolute Gasteiger partial charge is 0.123 e. The van der Waals surface area contributed by atoms with Gasteiger partial charge < -0.3 is 4.74 Å². The summed E-state index contributed by atoms with van der Waals surface area (Å²) in [4.78, 5) is 0. The molecule has 2 rings (SSSR count). The minimum absolute atomic E-state index is 0.0921. The molecule has 1 aromatic carbocycles. The Kier molecular flexibility index (Phi) is 1.87. The van der Waals surface area contributed by atoms with E-state index in [1.54, 1.807) is 0 Å². The standard InChI is InChI=1S/C12H14O/c1-3-12(2)8-9-13-11-7-5-4-6-10(11)12/h3-7H,1,8-9H2,2H3. The van der Waals surface area contributed by atoms with Gasteiger partial charge in [0.05, 0.1) is 6.61 Å². The first-order chi connectivity index (χ1) is 6.26. The summed E-state index contributed by atoms with van der Waals surface area (Å²) in [7, 11) is 0. The van der Waals surface area contributed by atoms with E-state index in [2.05, 4.69) is 25.6 Å². The van der Waals surface area contributed by atoms with Crippen LogP contribution in [-0.2, 0) is 5.41 Å². The van der Waals surface area contributed by atoms with Crippen LogP contribution in [0.3, 0.4) is 0 Å². The van der Waals surface area contributed by atoms with Crippen molar-refractivity contribution in [2.24, 2.45) is 0 Å². The van der Waals surface area contributed by atoms with E-state index in [-0.39, 0.29) is 5.41 Å². The highest BCUT2D eigenvalue weighted by molar-refractivity contribution is 5.43. The van der Waals surface area contributed by atoms with Gasteiger partial charge >= 0.3 is 0 Å². The second kappa shape index (κ2) is 2.91. The zero-order valence-corrected chi connectivity index (χ0v) is 7.92. The average Bonchev–Trinajstić information content (AvgIpc) is 2.19. The Bertz CT molecular complexity index is 330. The molecule has 0 aromatic heterocycles. The number of rotatable bonds is 1. The molecule has 1 unspecified atom stereocenters. The normalized spacial score (nSPS) is 25.9. The first-order valence-corrected chi connectivity index (χ1v) is 4.62. The molecule has 1 nitrogen and oxygen atoms in total. The minimum Gasteiger partial charge on any atom is -0.493 e. The molecule has 68 valence electrons. The van der Waals surface area contributed by atoms with Crippen molar-refractivity contribution in [3.05, 3.63) is 42.5 Å². The number of para-hydroxylation sites is 1. The Morgan fingerprint density at radius 1 is 1.46 bits per heavy atom. The van der Waals surface area contributed by atoms with Crippen LogP contribution in [0.25, 0.3) is 0 Å². The van der Waals surface area contributed by atoms with Crippen molar-refractivity contribution >= 4 is 0 Å². The van der Waals surface area contributed by atoms with Crippen LogP contribution in [0.1, 0.15) is 18.9 Å². The maximum absolute atomic E-state index is 5.57. The SMILES string of the molecule is C=CC1(C)CCOc2ccccc21. The van der Waals surface area contributed by atoms with E-state index in [0.717, 1.165) is 18.8 Å². The predicted molar refractivity (Wildman–Crippen MR) is 54.1 cm³/mol. The van der Waals surface area contributed by atoms with Crippen molar-refractivity contribution in [2.45, 2.75) is 18.8 Å². The predicted octanol–water partition coefficient (Wildman–Crippen LogP) is 2.91. The van der Waals surface area contributed by atoms with Crippen molar-refractivity contribution in [3.8, 4) is 5.75 Å². The van der Waals surface area contributed by atoms with Crippen LogP contribution in [-0.4, -0.2) is 6.61 Å². The zero-order chi connectivity index (χ0) is 9.31. The van der Waals surface area contributed by atoms with Crippen LogP contribution in [0.5, 0.6) is 5.75 Å². The van der Waals surface area contributed by atoms with Crippen LogP contribution < -0.4 is 4.74 Å². The van der Waals surface area contributed by atoms with Crippen LogP contribution in [0, 0.1) is 0 Å². The van der Waals surface area contributed by atoms with Gasteiger partial charge in [0.2, 0.25) is 0 Å². The summed E-state index contributed by atoms with van der Waals surface area (Å²) < 4.78 is 5.57. The third-order valence-electron chi connectivity index (χ3n) is 2.83. The Morgan fingerprint density at radius 2 is 2.23 bits per heavy atom. The van der Waals surface area contributed by atoms with E-state index in [1.807, 2.05) is 18.2 Å². The molecule has 0 amide bonds. The van der Waals surface area contributed by atoms with E-state index < -0.39 is 0 Å². The molecule has 0 spiro atoms. The third kappa shape index (κ3) is 1.24. The van der Waals surface area contributed by atoms with Gasteiger partial charge in [-0.05, 0) is 12.5 Å². The van der Waals surface area contributed by atoms with E-state index in [9.17, 15) is 0 Å². The summed E-state index contributed by atoms with van der Waals surface area (Å²) in [5.74, 6) is 1.01. The van der Waals surface area contributed by atoms with Gasteiger partial charge in [-0.2, -0.15) is 0 Å². The molecule has 1 aromatic rings. The molecule has 1 heteroatoms. The minimum atomic E-state index is 0.0921. The second-order valence-corrected chi connectivity index (χ2v) is 3.72. The largest absolute Gasteiger partial charge is 0.493 e. The number of benzene rings is 1. The molecule has 0 bridgehead atoms. The van der Waals surface area contributed by atoms with Crippen molar-refractivity contribution in [2.75, 3.05) is 6.61 Å². The quantitative estimate of drug-likeness (QED) is 0.595. The average molecular weight is 174 g/mol. The fourth-order valence-electron chi connectivity index (χ4n) is 1.78. The second-order valence-electron chi connectivity index (χ2n) is 3.72. The lowest BCUT2D eigenvalue weighted by Crippen LogP contribution is -2.27. The maximum atomic E-state index is 5.57. The molecule has 0 radical (unpaired) electrons. The Morgan fingerprint density at radius 3 is 3.00 bits per heavy atom. The van der Waals surface area contributed by atoms with E-state index in [0.29, 0.717) is 0 Å². The first kappa shape index (κ1) is 8.36. The number of hydrogen-bond acceptors (Lipinski definition) is 1. The summed E-state index contributed by atoms with van der Waals surface area (Å²) in [6.07, 6.45) is 3.04. The highest BCUT2D eigenvalue weighted by atomic mass is 16.5. The first-order valence-electron chi connectivity index (χ1n) is 4.62. The number of fused-ring (bicyclic) bond motifs is 1. The van der Waals surface area contributed by atoms with Crippen molar-refractivity contribution in [3.63, 3.8) is 0 Å². The van der Waals surface area contributed by atoms with Crippen molar-refractivity contribution in [1.29, 1.82) is 0 Å². The monoisotopic (exact) mass is 174 g/mol. The molecule has 0 saturated heterocycles. The lowest BCUT2D eigenvalue weighted by atomic mass is 9.78. The summed E-state index contributed by atoms with van der Waals surface area (Å²) in [5.41, 5.74) is 1.35. The fraction of sp³-hybridized carbons (Fsp3) is 0.333. The van der Waals surface area contributed by atoms with Gasteiger partial charge in [-0.1, -0.05) is 31.2 Å². The highest BCUT2D eigenvalue weighted by Gasteiger charge is 2.29. The molecule has 0 N–H and O–H groups in total. The van der Waals surface area contributed by atoms with Crippen LogP contribution in [0.4, 0.5) is 0 Å². The van der Waals surface area contributed by atoms with Crippen LogP contribution >= 0.6 is 0 Å². The number of allylic oxidation sites excluding steroid dienone is 1. The molecule has 0 saturated carbocycles. The Labute approximate surface area is 79.0 Å². The highest BCUT2D eigenvalue weighted by Crippen LogP contribution is 2.38. The van der Waals surface area contributed by atoms with Crippen LogP contribution in [0.2, 0.25) is 0 Å². The topological polar surface area (TPSA) is 9.23 Å². The molecule has 1 atom stereocenters. The van der Waals surface area contributed by atoms with E-state index >= 15 is 0 Å². The van der Waals surface area contributed by atoms with Gasteiger partial charge in [-0.25, -0.2) is 0 Å². The van der Waals surface area contributed by atoms with Gasteiger partial charge in [0, 0.05) is 11.0 Å². The number of hydrogen-bond donors (Lipinski definition) is 0. The summed E-state index contributed by atoms with van der Waals surface area (Å²) in [5, 5.41) is 0. The summed E-state index contributed by atoms with van der Waals surface area (Å²) in [6, 6.07) is 8.20. The third-order valence-corrected chi connectivity index (χ3v) is 2.83. The summed E-state index contributed by atoms with van der Waals surface area (Å²) in [6.45, 7) is 6.90. The van der Waals surface area contributed by atoms with Gasteiger partial charge in [0.1, 0.15) is 5.75 Å². The Hall–Kier alpha value is -1.24. The zero-order valence-electron chi connectivity index (χ0n) is 7.92. The summed E-state index contributed by atoms with van der Waals surface area (Å²) >= 11 is 0. The fourth-order valence-corrected chi connectivity index (χ4v) is 1.78. The molecular formula is C12H14O.